The van der Waals surface area contributed by atoms with E-state index in [2.05, 4.69) is 19.9 Å². The lowest BCUT2D eigenvalue weighted by Gasteiger charge is -2.24. The standard InChI is InChI=1S/C22H16F2N6/c1-22(2,18-8-4-6-15(29-18)20-16(11-25)26-12-27-20)17-7-3-5-14(28-17)13-9-10-19(23)30-21(13)24/h3-10,12H,1-2H3,(H,26,27). The van der Waals surface area contributed by atoms with Gasteiger partial charge in [-0.05, 0) is 50.2 Å². The lowest BCUT2D eigenvalue weighted by molar-refractivity contribution is 0.514. The number of hydrogen-bond donors (Lipinski definition) is 1. The Hall–Kier alpha value is -3.99. The minimum atomic E-state index is -0.916. The molecule has 0 aromatic carbocycles. The Morgan fingerprint density at radius 3 is 2.23 bits per heavy atom. The Morgan fingerprint density at radius 2 is 1.57 bits per heavy atom. The molecule has 148 valence electrons. The van der Waals surface area contributed by atoms with Gasteiger partial charge in [-0.2, -0.15) is 19.0 Å². The van der Waals surface area contributed by atoms with Crippen LogP contribution in [-0.2, 0) is 5.41 Å². The normalized spacial score (nSPS) is 11.3. The van der Waals surface area contributed by atoms with Crippen LogP contribution in [0.25, 0.3) is 22.6 Å². The molecule has 4 heterocycles. The number of nitriles is 1. The highest BCUT2D eigenvalue weighted by atomic mass is 19.1. The lowest BCUT2D eigenvalue weighted by atomic mass is 9.84. The fourth-order valence-electron chi connectivity index (χ4n) is 3.16. The van der Waals surface area contributed by atoms with Crippen molar-refractivity contribution in [2.24, 2.45) is 0 Å². The van der Waals surface area contributed by atoms with Gasteiger partial charge < -0.3 is 4.98 Å². The maximum Gasteiger partial charge on any atom is 0.224 e. The molecule has 4 aromatic heterocycles. The summed E-state index contributed by atoms with van der Waals surface area (Å²) in [5.74, 6) is -1.80. The maximum atomic E-state index is 14.1. The van der Waals surface area contributed by atoms with Crippen molar-refractivity contribution in [2.45, 2.75) is 19.3 Å². The van der Waals surface area contributed by atoms with Crippen molar-refractivity contribution in [2.75, 3.05) is 0 Å². The number of pyridine rings is 3. The Labute approximate surface area is 171 Å². The number of imidazole rings is 1. The third-order valence-electron chi connectivity index (χ3n) is 4.87. The second-order valence-corrected chi connectivity index (χ2v) is 7.15. The third kappa shape index (κ3) is 3.42. The van der Waals surface area contributed by atoms with Gasteiger partial charge in [0.1, 0.15) is 11.8 Å². The third-order valence-corrected chi connectivity index (χ3v) is 4.87. The summed E-state index contributed by atoms with van der Waals surface area (Å²) in [4.78, 5) is 19.5. The zero-order valence-corrected chi connectivity index (χ0v) is 16.2. The highest BCUT2D eigenvalue weighted by molar-refractivity contribution is 5.61. The van der Waals surface area contributed by atoms with Crippen LogP contribution in [0.5, 0.6) is 0 Å². The second kappa shape index (κ2) is 7.44. The molecule has 4 rings (SSSR count). The Kier molecular flexibility index (Phi) is 4.80. The summed E-state index contributed by atoms with van der Waals surface area (Å²) in [5.41, 5.74) is 2.57. The van der Waals surface area contributed by atoms with Gasteiger partial charge >= 0.3 is 0 Å². The number of H-pyrrole nitrogens is 1. The van der Waals surface area contributed by atoms with Crippen molar-refractivity contribution in [3.8, 4) is 28.7 Å². The van der Waals surface area contributed by atoms with Gasteiger partial charge in [-0.15, -0.1) is 0 Å². The van der Waals surface area contributed by atoms with Crippen LogP contribution in [0, 0.1) is 23.2 Å². The smallest absolute Gasteiger partial charge is 0.224 e. The first kappa shape index (κ1) is 19.3. The van der Waals surface area contributed by atoms with Gasteiger partial charge in [0.15, 0.2) is 5.69 Å². The molecule has 30 heavy (non-hydrogen) atoms. The predicted molar refractivity (Wildman–Crippen MR) is 106 cm³/mol. The molecular weight excluding hydrogens is 386 g/mol. The summed E-state index contributed by atoms with van der Waals surface area (Å²) < 4.78 is 27.3. The van der Waals surface area contributed by atoms with E-state index < -0.39 is 17.3 Å². The summed E-state index contributed by atoms with van der Waals surface area (Å²) in [6.45, 7) is 3.89. The van der Waals surface area contributed by atoms with Crippen molar-refractivity contribution < 1.29 is 8.78 Å². The van der Waals surface area contributed by atoms with Crippen LogP contribution < -0.4 is 0 Å². The van der Waals surface area contributed by atoms with E-state index in [0.717, 1.165) is 6.07 Å². The number of nitrogens with zero attached hydrogens (tertiary/aromatic N) is 5. The van der Waals surface area contributed by atoms with E-state index in [1.54, 1.807) is 18.2 Å². The van der Waals surface area contributed by atoms with Crippen molar-refractivity contribution >= 4 is 0 Å². The molecule has 0 amide bonds. The molecule has 0 aliphatic rings. The summed E-state index contributed by atoms with van der Waals surface area (Å²) in [7, 11) is 0. The molecule has 0 fully saturated rings. The minimum Gasteiger partial charge on any atom is -0.342 e. The number of hydrogen-bond acceptors (Lipinski definition) is 5. The van der Waals surface area contributed by atoms with E-state index in [4.69, 9.17) is 4.98 Å². The Balaban J connectivity index is 1.76. The summed E-state index contributed by atoms with van der Waals surface area (Å²) in [5, 5.41) is 9.22. The Bertz CT molecular complexity index is 1270. The van der Waals surface area contributed by atoms with Gasteiger partial charge in [0, 0.05) is 5.41 Å². The number of aromatic nitrogens is 5. The molecular formula is C22H16F2N6. The van der Waals surface area contributed by atoms with Crippen LogP contribution in [-0.4, -0.2) is 24.9 Å². The first-order chi connectivity index (χ1) is 14.4. The van der Waals surface area contributed by atoms with Crippen molar-refractivity contribution in [3.05, 3.63) is 83.8 Å². The monoisotopic (exact) mass is 402 g/mol. The van der Waals surface area contributed by atoms with E-state index >= 15 is 0 Å². The van der Waals surface area contributed by atoms with Crippen LogP contribution in [0.2, 0.25) is 0 Å². The van der Waals surface area contributed by atoms with Gasteiger partial charge in [-0.25, -0.2) is 4.98 Å². The van der Waals surface area contributed by atoms with E-state index in [9.17, 15) is 14.0 Å². The zero-order chi connectivity index (χ0) is 21.3. The van der Waals surface area contributed by atoms with Crippen molar-refractivity contribution in [1.29, 1.82) is 5.26 Å². The number of halogens is 2. The van der Waals surface area contributed by atoms with Gasteiger partial charge in [0.2, 0.25) is 11.9 Å². The number of aromatic amines is 1. The van der Waals surface area contributed by atoms with Crippen LogP contribution in [0.1, 0.15) is 30.9 Å². The molecule has 0 atom stereocenters. The highest BCUT2D eigenvalue weighted by Gasteiger charge is 2.27. The molecule has 0 radical (unpaired) electrons. The average Bonchev–Trinajstić information content (AvgIpc) is 3.23. The van der Waals surface area contributed by atoms with E-state index in [1.807, 2.05) is 38.1 Å². The summed E-state index contributed by atoms with van der Waals surface area (Å²) in [6.07, 6.45) is 1.45. The number of rotatable bonds is 4. The quantitative estimate of drug-likeness (QED) is 0.511. The van der Waals surface area contributed by atoms with Crippen molar-refractivity contribution in [3.63, 3.8) is 0 Å². The first-order valence-corrected chi connectivity index (χ1v) is 9.11. The fraction of sp³-hybridized carbons (Fsp3) is 0.136. The summed E-state index contributed by atoms with van der Waals surface area (Å²) in [6, 6.07) is 15.2. The molecule has 0 aliphatic heterocycles. The Morgan fingerprint density at radius 1 is 0.900 bits per heavy atom. The van der Waals surface area contributed by atoms with E-state index in [1.165, 1.54) is 12.4 Å². The largest absolute Gasteiger partial charge is 0.342 e. The molecule has 0 saturated heterocycles. The van der Waals surface area contributed by atoms with Crippen LogP contribution in [0.15, 0.2) is 54.9 Å². The van der Waals surface area contributed by atoms with Crippen LogP contribution >= 0.6 is 0 Å². The first-order valence-electron chi connectivity index (χ1n) is 9.11. The maximum absolute atomic E-state index is 14.1. The molecule has 0 saturated carbocycles. The zero-order valence-electron chi connectivity index (χ0n) is 16.2. The SMILES string of the molecule is CC(C)(c1cccc(-c2ccc(F)nc2F)n1)c1cccc(-c2[nH]cnc2C#N)n1. The molecule has 0 bridgehead atoms. The van der Waals surface area contributed by atoms with E-state index in [-0.39, 0.29) is 11.3 Å². The second-order valence-electron chi connectivity index (χ2n) is 7.15. The van der Waals surface area contributed by atoms with Crippen LogP contribution in [0.3, 0.4) is 0 Å². The number of nitrogens with one attached hydrogen (secondary N) is 1. The molecule has 0 unspecified atom stereocenters. The molecule has 4 aromatic rings. The molecule has 6 nitrogen and oxygen atoms in total. The molecule has 0 spiro atoms. The molecule has 0 aliphatic carbocycles. The van der Waals surface area contributed by atoms with Gasteiger partial charge in [0.05, 0.1) is 34.7 Å². The fourth-order valence-corrected chi connectivity index (χ4v) is 3.16. The minimum absolute atomic E-state index is 0.117. The molecule has 1 N–H and O–H groups in total. The van der Waals surface area contributed by atoms with Crippen LogP contribution in [0.4, 0.5) is 8.78 Å². The predicted octanol–water partition coefficient (Wildman–Crippen LogP) is 4.40. The average molecular weight is 402 g/mol. The highest BCUT2D eigenvalue weighted by Crippen LogP contribution is 2.32. The van der Waals surface area contributed by atoms with Gasteiger partial charge in [0.25, 0.3) is 0 Å². The van der Waals surface area contributed by atoms with Crippen molar-refractivity contribution in [1.82, 2.24) is 24.9 Å². The summed E-state index contributed by atoms with van der Waals surface area (Å²) >= 11 is 0. The lowest BCUT2D eigenvalue weighted by Crippen LogP contribution is -2.22. The van der Waals surface area contributed by atoms with Gasteiger partial charge in [-0.1, -0.05) is 12.1 Å². The molecule has 8 heteroatoms. The topological polar surface area (TPSA) is 91.1 Å². The van der Waals surface area contributed by atoms with E-state index in [0.29, 0.717) is 28.5 Å². The van der Waals surface area contributed by atoms with Gasteiger partial charge in [-0.3, -0.25) is 9.97 Å².